The molecule has 3 atom stereocenters. The van der Waals surface area contributed by atoms with Crippen LogP contribution >= 0.6 is 0 Å². The molecule has 0 unspecified atom stereocenters. The molecule has 2 amide bonds. The van der Waals surface area contributed by atoms with Crippen LogP contribution in [0.25, 0.3) is 0 Å². The third kappa shape index (κ3) is 4.12. The summed E-state index contributed by atoms with van der Waals surface area (Å²) in [5.41, 5.74) is 0.978. The summed E-state index contributed by atoms with van der Waals surface area (Å²) in [6.45, 7) is 1.45. The Morgan fingerprint density at radius 2 is 1.96 bits per heavy atom. The van der Waals surface area contributed by atoms with Crippen LogP contribution in [0.4, 0.5) is 0 Å². The molecule has 2 bridgehead atoms. The first-order valence-corrected chi connectivity index (χ1v) is 10.3. The quantitative estimate of drug-likeness (QED) is 0.867. The van der Waals surface area contributed by atoms with Gasteiger partial charge in [-0.25, -0.2) is 0 Å². The van der Waals surface area contributed by atoms with Gasteiger partial charge < -0.3 is 15.0 Å². The highest BCUT2D eigenvalue weighted by Gasteiger charge is 2.43. The van der Waals surface area contributed by atoms with E-state index in [4.69, 9.17) is 4.74 Å². The molecule has 1 saturated heterocycles. The van der Waals surface area contributed by atoms with Gasteiger partial charge in [-0.3, -0.25) is 9.59 Å². The van der Waals surface area contributed by atoms with Crippen molar-refractivity contribution in [3.63, 3.8) is 0 Å². The van der Waals surface area contributed by atoms with Crippen LogP contribution in [0.15, 0.2) is 24.3 Å². The molecule has 1 N–H and O–H groups in total. The van der Waals surface area contributed by atoms with Crippen LogP contribution in [-0.2, 0) is 16.0 Å². The number of amides is 2. The van der Waals surface area contributed by atoms with Gasteiger partial charge in [0.2, 0.25) is 11.8 Å². The number of piperidine rings is 1. The second kappa shape index (κ2) is 7.91. The van der Waals surface area contributed by atoms with Crippen LogP contribution in [0.3, 0.4) is 0 Å². The van der Waals surface area contributed by atoms with Crippen molar-refractivity contribution in [1.29, 1.82) is 0 Å². The SMILES string of the molecule is COc1cccc(CC(=O)N2CCC(NC(=O)[C@@H]3C[C@H]4CC[C@H]3C4)CC2)c1. The number of hydrogen-bond donors (Lipinski definition) is 1. The number of likely N-dealkylation sites (tertiary alicyclic amines) is 1. The van der Waals surface area contributed by atoms with Gasteiger partial charge in [0.05, 0.1) is 13.5 Å². The molecular weight excluding hydrogens is 340 g/mol. The molecule has 1 aromatic carbocycles. The summed E-state index contributed by atoms with van der Waals surface area (Å²) in [6, 6.07) is 7.90. The Kier molecular flexibility index (Phi) is 5.37. The van der Waals surface area contributed by atoms with Crippen molar-refractivity contribution in [3.05, 3.63) is 29.8 Å². The largest absolute Gasteiger partial charge is 0.497 e. The van der Waals surface area contributed by atoms with E-state index in [1.807, 2.05) is 29.2 Å². The highest BCUT2D eigenvalue weighted by Crippen LogP contribution is 2.48. The van der Waals surface area contributed by atoms with Crippen molar-refractivity contribution in [2.75, 3.05) is 20.2 Å². The highest BCUT2D eigenvalue weighted by atomic mass is 16.5. The number of hydrogen-bond acceptors (Lipinski definition) is 3. The molecule has 0 radical (unpaired) electrons. The lowest BCUT2D eigenvalue weighted by Crippen LogP contribution is -2.48. The van der Waals surface area contributed by atoms with E-state index in [1.54, 1.807) is 7.11 Å². The zero-order valence-corrected chi connectivity index (χ0v) is 16.2. The number of nitrogens with zero attached hydrogens (tertiary/aromatic N) is 1. The molecular formula is C22H30N2O3. The summed E-state index contributed by atoms with van der Waals surface area (Å²) in [7, 11) is 1.64. The van der Waals surface area contributed by atoms with E-state index in [1.165, 1.54) is 19.3 Å². The predicted molar refractivity (Wildman–Crippen MR) is 103 cm³/mol. The fourth-order valence-electron chi connectivity index (χ4n) is 5.22. The summed E-state index contributed by atoms with van der Waals surface area (Å²) >= 11 is 0. The zero-order valence-electron chi connectivity index (χ0n) is 16.2. The van der Waals surface area contributed by atoms with Crippen LogP contribution in [0.5, 0.6) is 5.75 Å². The van der Waals surface area contributed by atoms with Gasteiger partial charge in [0, 0.05) is 25.0 Å². The summed E-state index contributed by atoms with van der Waals surface area (Å²) < 4.78 is 5.23. The standard InChI is InChI=1S/C22H30N2O3/c1-27-19-4-2-3-15(12-19)14-21(25)24-9-7-18(8-10-24)23-22(26)20-13-16-5-6-17(20)11-16/h2-4,12,16-18,20H,5-11,13-14H2,1H3,(H,23,26)/t16-,17-,20+/m0/s1. The maximum absolute atomic E-state index is 12.6. The Morgan fingerprint density at radius 1 is 1.15 bits per heavy atom. The maximum Gasteiger partial charge on any atom is 0.226 e. The molecule has 5 heteroatoms. The Bertz CT molecular complexity index is 697. The van der Waals surface area contributed by atoms with Crippen LogP contribution in [0.2, 0.25) is 0 Å². The molecule has 1 aromatic rings. The number of carbonyl (C=O) groups excluding carboxylic acids is 2. The predicted octanol–water partition coefficient (Wildman–Crippen LogP) is 2.78. The highest BCUT2D eigenvalue weighted by molar-refractivity contribution is 5.80. The minimum Gasteiger partial charge on any atom is -0.497 e. The second-order valence-electron chi connectivity index (χ2n) is 8.47. The van der Waals surface area contributed by atoms with Crippen LogP contribution in [-0.4, -0.2) is 43.0 Å². The minimum atomic E-state index is 0.154. The van der Waals surface area contributed by atoms with Gasteiger partial charge in [-0.1, -0.05) is 18.6 Å². The van der Waals surface area contributed by atoms with Gasteiger partial charge in [-0.15, -0.1) is 0 Å². The third-order valence-corrected chi connectivity index (χ3v) is 6.76. The van der Waals surface area contributed by atoms with E-state index in [9.17, 15) is 9.59 Å². The molecule has 4 rings (SSSR count). The third-order valence-electron chi connectivity index (χ3n) is 6.76. The minimum absolute atomic E-state index is 0.154. The Morgan fingerprint density at radius 3 is 2.63 bits per heavy atom. The average molecular weight is 370 g/mol. The summed E-state index contributed by atoms with van der Waals surface area (Å²) in [4.78, 5) is 27.1. The van der Waals surface area contributed by atoms with E-state index >= 15 is 0 Å². The summed E-state index contributed by atoms with van der Waals surface area (Å²) in [6.07, 6.45) is 7.03. The molecule has 3 aliphatic rings. The molecule has 1 heterocycles. The molecule has 27 heavy (non-hydrogen) atoms. The number of fused-ring (bicyclic) bond motifs is 2. The second-order valence-corrected chi connectivity index (χ2v) is 8.47. The van der Waals surface area contributed by atoms with Gasteiger partial charge >= 0.3 is 0 Å². The first-order valence-electron chi connectivity index (χ1n) is 10.3. The molecule has 5 nitrogen and oxygen atoms in total. The van der Waals surface area contributed by atoms with E-state index in [-0.39, 0.29) is 23.8 Å². The van der Waals surface area contributed by atoms with Crippen LogP contribution in [0, 0.1) is 17.8 Å². The fourth-order valence-corrected chi connectivity index (χ4v) is 5.22. The van der Waals surface area contributed by atoms with Crippen molar-refractivity contribution in [1.82, 2.24) is 10.2 Å². The number of nitrogens with one attached hydrogen (secondary N) is 1. The molecule has 146 valence electrons. The molecule has 2 aliphatic carbocycles. The van der Waals surface area contributed by atoms with Gasteiger partial charge in [-0.05, 0) is 61.6 Å². The Labute approximate surface area is 161 Å². The first-order chi connectivity index (χ1) is 13.1. The first kappa shape index (κ1) is 18.3. The smallest absolute Gasteiger partial charge is 0.226 e. The summed E-state index contributed by atoms with van der Waals surface area (Å²) in [5.74, 6) is 2.87. The van der Waals surface area contributed by atoms with E-state index in [0.29, 0.717) is 12.3 Å². The van der Waals surface area contributed by atoms with E-state index in [2.05, 4.69) is 5.32 Å². The van der Waals surface area contributed by atoms with Crippen LogP contribution in [0.1, 0.15) is 44.1 Å². The Balaban J connectivity index is 1.23. The lowest BCUT2D eigenvalue weighted by atomic mass is 9.87. The van der Waals surface area contributed by atoms with Crippen molar-refractivity contribution < 1.29 is 14.3 Å². The zero-order chi connectivity index (χ0) is 18.8. The lowest BCUT2D eigenvalue weighted by molar-refractivity contribution is -0.132. The number of carbonyl (C=O) groups is 2. The van der Waals surface area contributed by atoms with Crippen molar-refractivity contribution in [2.24, 2.45) is 17.8 Å². The maximum atomic E-state index is 12.6. The number of methoxy groups -OCH3 is 1. The van der Waals surface area contributed by atoms with Gasteiger partial charge in [-0.2, -0.15) is 0 Å². The van der Waals surface area contributed by atoms with Crippen LogP contribution < -0.4 is 10.1 Å². The summed E-state index contributed by atoms with van der Waals surface area (Å²) in [5, 5.41) is 3.28. The lowest BCUT2D eigenvalue weighted by Gasteiger charge is -2.33. The molecule has 1 aliphatic heterocycles. The van der Waals surface area contributed by atoms with Gasteiger partial charge in [0.1, 0.15) is 5.75 Å². The molecule has 2 saturated carbocycles. The number of rotatable bonds is 5. The van der Waals surface area contributed by atoms with E-state index in [0.717, 1.165) is 49.6 Å². The van der Waals surface area contributed by atoms with Crippen molar-refractivity contribution in [2.45, 2.75) is 51.0 Å². The number of benzene rings is 1. The Hall–Kier alpha value is -2.04. The van der Waals surface area contributed by atoms with Crippen molar-refractivity contribution >= 4 is 11.8 Å². The number of ether oxygens (including phenoxy) is 1. The monoisotopic (exact) mass is 370 g/mol. The average Bonchev–Trinajstić information content (AvgIpc) is 3.32. The van der Waals surface area contributed by atoms with Gasteiger partial charge in [0.25, 0.3) is 0 Å². The van der Waals surface area contributed by atoms with Crippen molar-refractivity contribution in [3.8, 4) is 5.75 Å². The molecule has 0 spiro atoms. The molecule has 3 fully saturated rings. The van der Waals surface area contributed by atoms with E-state index < -0.39 is 0 Å². The molecule has 0 aromatic heterocycles. The normalized spacial score (nSPS) is 27.6. The van der Waals surface area contributed by atoms with Gasteiger partial charge in [0.15, 0.2) is 0 Å². The fraction of sp³-hybridized carbons (Fsp3) is 0.636. The topological polar surface area (TPSA) is 58.6 Å².